The van der Waals surface area contributed by atoms with Crippen molar-refractivity contribution in [3.63, 3.8) is 0 Å². The van der Waals surface area contributed by atoms with Crippen molar-refractivity contribution < 1.29 is 4.79 Å². The minimum absolute atomic E-state index is 0.0133. The highest BCUT2D eigenvalue weighted by molar-refractivity contribution is 5.98. The van der Waals surface area contributed by atoms with Gasteiger partial charge in [0.05, 0.1) is 12.6 Å². The SMILES string of the molecule is CC(C)C(Cn1cncn1)NC(=O)c1cc2ccccc2[nH]1. The Kier molecular flexibility index (Phi) is 3.91. The molecule has 2 N–H and O–H groups in total. The van der Waals surface area contributed by atoms with Gasteiger partial charge < -0.3 is 10.3 Å². The zero-order valence-electron chi connectivity index (χ0n) is 12.7. The van der Waals surface area contributed by atoms with Crippen molar-refractivity contribution >= 4 is 16.8 Å². The van der Waals surface area contributed by atoms with E-state index in [4.69, 9.17) is 0 Å². The number of benzene rings is 1. The highest BCUT2D eigenvalue weighted by Crippen LogP contribution is 2.15. The number of nitrogens with one attached hydrogen (secondary N) is 2. The maximum Gasteiger partial charge on any atom is 0.268 e. The molecular weight excluding hydrogens is 278 g/mol. The third-order valence-corrected chi connectivity index (χ3v) is 3.75. The van der Waals surface area contributed by atoms with E-state index in [1.54, 1.807) is 11.0 Å². The highest BCUT2D eigenvalue weighted by Gasteiger charge is 2.19. The number of aromatic amines is 1. The lowest BCUT2D eigenvalue weighted by atomic mass is 10.0. The maximum atomic E-state index is 12.5. The van der Waals surface area contributed by atoms with Crippen molar-refractivity contribution in [1.82, 2.24) is 25.1 Å². The summed E-state index contributed by atoms with van der Waals surface area (Å²) in [5.41, 5.74) is 1.54. The number of hydrogen-bond donors (Lipinski definition) is 2. The third-order valence-electron chi connectivity index (χ3n) is 3.75. The fourth-order valence-corrected chi connectivity index (χ4v) is 2.39. The number of carbonyl (C=O) groups excluding carboxylic acids is 1. The molecule has 3 rings (SSSR count). The molecule has 1 amide bonds. The van der Waals surface area contributed by atoms with Gasteiger partial charge in [0.15, 0.2) is 0 Å². The molecule has 0 aliphatic heterocycles. The van der Waals surface area contributed by atoms with Crippen LogP contribution in [0.1, 0.15) is 24.3 Å². The number of H-pyrrole nitrogens is 1. The average Bonchev–Trinajstić information content (AvgIpc) is 3.15. The summed E-state index contributed by atoms with van der Waals surface area (Å²) in [4.78, 5) is 19.6. The molecule has 0 fully saturated rings. The number of rotatable bonds is 5. The second kappa shape index (κ2) is 6.01. The molecule has 0 bridgehead atoms. The number of amides is 1. The average molecular weight is 297 g/mol. The summed E-state index contributed by atoms with van der Waals surface area (Å²) in [6.07, 6.45) is 3.15. The fourth-order valence-electron chi connectivity index (χ4n) is 2.39. The number of nitrogens with zero attached hydrogens (tertiary/aromatic N) is 3. The van der Waals surface area contributed by atoms with Crippen LogP contribution < -0.4 is 5.32 Å². The van der Waals surface area contributed by atoms with Crippen molar-refractivity contribution in [2.45, 2.75) is 26.4 Å². The minimum Gasteiger partial charge on any atom is -0.351 e. The first-order valence-corrected chi connectivity index (χ1v) is 7.34. The minimum atomic E-state index is -0.102. The molecule has 1 unspecified atom stereocenters. The molecule has 0 aliphatic carbocycles. The van der Waals surface area contributed by atoms with Crippen molar-refractivity contribution in [3.05, 3.63) is 48.7 Å². The molecule has 0 radical (unpaired) electrons. The fraction of sp³-hybridized carbons (Fsp3) is 0.312. The van der Waals surface area contributed by atoms with E-state index in [9.17, 15) is 4.79 Å². The van der Waals surface area contributed by atoms with E-state index in [2.05, 4.69) is 34.2 Å². The van der Waals surface area contributed by atoms with E-state index in [-0.39, 0.29) is 17.9 Å². The smallest absolute Gasteiger partial charge is 0.268 e. The second-order valence-corrected chi connectivity index (χ2v) is 5.71. The Bertz CT molecular complexity index is 727. The molecule has 0 saturated carbocycles. The second-order valence-electron chi connectivity index (χ2n) is 5.71. The maximum absolute atomic E-state index is 12.5. The standard InChI is InChI=1S/C16H19N5O/c1-11(2)15(8-21-10-17-9-18-21)20-16(22)14-7-12-5-3-4-6-13(12)19-14/h3-7,9-11,15,19H,8H2,1-2H3,(H,20,22). The lowest BCUT2D eigenvalue weighted by molar-refractivity contribution is 0.0915. The molecule has 6 nitrogen and oxygen atoms in total. The Morgan fingerprint density at radius 3 is 2.86 bits per heavy atom. The largest absolute Gasteiger partial charge is 0.351 e. The molecule has 0 aliphatic rings. The quantitative estimate of drug-likeness (QED) is 0.758. The van der Waals surface area contributed by atoms with Gasteiger partial charge >= 0.3 is 0 Å². The van der Waals surface area contributed by atoms with Crippen LogP contribution in [0.3, 0.4) is 0 Å². The van der Waals surface area contributed by atoms with E-state index < -0.39 is 0 Å². The third kappa shape index (κ3) is 3.00. The van der Waals surface area contributed by atoms with Crippen molar-refractivity contribution in [2.75, 3.05) is 0 Å². The summed E-state index contributed by atoms with van der Waals surface area (Å²) in [5, 5.41) is 8.21. The van der Waals surface area contributed by atoms with Gasteiger partial charge in [0.25, 0.3) is 5.91 Å². The topological polar surface area (TPSA) is 75.6 Å². The van der Waals surface area contributed by atoms with Gasteiger partial charge in [-0.3, -0.25) is 9.48 Å². The summed E-state index contributed by atoms with van der Waals surface area (Å²) in [5.74, 6) is 0.188. The van der Waals surface area contributed by atoms with Gasteiger partial charge in [-0.25, -0.2) is 4.98 Å². The normalized spacial score (nSPS) is 12.7. The molecule has 114 valence electrons. The van der Waals surface area contributed by atoms with Gasteiger partial charge in [-0.05, 0) is 18.1 Å². The van der Waals surface area contributed by atoms with Crippen LogP contribution in [0.5, 0.6) is 0 Å². The first kappa shape index (κ1) is 14.3. The van der Waals surface area contributed by atoms with E-state index in [1.807, 2.05) is 30.3 Å². The molecule has 1 aromatic carbocycles. The van der Waals surface area contributed by atoms with E-state index in [0.717, 1.165) is 10.9 Å². The highest BCUT2D eigenvalue weighted by atomic mass is 16.2. The summed E-state index contributed by atoms with van der Waals surface area (Å²) in [6.45, 7) is 4.75. The van der Waals surface area contributed by atoms with E-state index in [0.29, 0.717) is 12.2 Å². The molecule has 3 aromatic rings. The number of aromatic nitrogens is 4. The van der Waals surface area contributed by atoms with Crippen LogP contribution >= 0.6 is 0 Å². The molecular formula is C16H19N5O. The molecule has 2 heterocycles. The molecule has 0 saturated heterocycles. The number of para-hydroxylation sites is 1. The van der Waals surface area contributed by atoms with E-state index in [1.165, 1.54) is 6.33 Å². The Balaban J connectivity index is 1.75. The van der Waals surface area contributed by atoms with Gasteiger partial charge in [0.1, 0.15) is 18.3 Å². The first-order chi connectivity index (χ1) is 10.6. The lowest BCUT2D eigenvalue weighted by Gasteiger charge is -2.21. The predicted octanol–water partition coefficient (Wildman–Crippen LogP) is 2.21. The summed E-state index contributed by atoms with van der Waals surface area (Å²) in [6, 6.07) is 9.71. The number of carbonyl (C=O) groups is 1. The predicted molar refractivity (Wildman–Crippen MR) is 84.4 cm³/mol. The summed E-state index contributed by atoms with van der Waals surface area (Å²) < 4.78 is 1.73. The van der Waals surface area contributed by atoms with Crippen LogP contribution in [0.2, 0.25) is 0 Å². The van der Waals surface area contributed by atoms with Crippen LogP contribution in [-0.2, 0) is 6.54 Å². The molecule has 1 atom stereocenters. The van der Waals surface area contributed by atoms with Crippen molar-refractivity contribution in [1.29, 1.82) is 0 Å². The van der Waals surface area contributed by atoms with Gasteiger partial charge in [-0.15, -0.1) is 0 Å². The molecule has 6 heteroatoms. The molecule has 0 spiro atoms. The molecule has 22 heavy (non-hydrogen) atoms. The zero-order valence-corrected chi connectivity index (χ0v) is 12.7. The monoisotopic (exact) mass is 297 g/mol. The Morgan fingerprint density at radius 2 is 2.18 bits per heavy atom. The van der Waals surface area contributed by atoms with Crippen LogP contribution in [-0.4, -0.2) is 31.7 Å². The summed E-state index contributed by atoms with van der Waals surface area (Å²) in [7, 11) is 0. The van der Waals surface area contributed by atoms with Crippen LogP contribution in [0.15, 0.2) is 43.0 Å². The molecule has 2 aromatic heterocycles. The Labute approximate surface area is 128 Å². The number of hydrogen-bond acceptors (Lipinski definition) is 3. The van der Waals surface area contributed by atoms with Gasteiger partial charge in [0.2, 0.25) is 0 Å². The van der Waals surface area contributed by atoms with Gasteiger partial charge in [0, 0.05) is 10.9 Å². The lowest BCUT2D eigenvalue weighted by Crippen LogP contribution is -2.41. The van der Waals surface area contributed by atoms with Gasteiger partial charge in [-0.2, -0.15) is 5.10 Å². The van der Waals surface area contributed by atoms with Crippen LogP contribution in [0.4, 0.5) is 0 Å². The van der Waals surface area contributed by atoms with Crippen LogP contribution in [0.25, 0.3) is 10.9 Å². The zero-order chi connectivity index (χ0) is 15.5. The van der Waals surface area contributed by atoms with Crippen LogP contribution in [0, 0.1) is 5.92 Å². The van der Waals surface area contributed by atoms with Crippen molar-refractivity contribution in [3.8, 4) is 0 Å². The Hall–Kier alpha value is -2.63. The first-order valence-electron chi connectivity index (χ1n) is 7.34. The van der Waals surface area contributed by atoms with Crippen molar-refractivity contribution in [2.24, 2.45) is 5.92 Å². The van der Waals surface area contributed by atoms with Gasteiger partial charge in [-0.1, -0.05) is 32.0 Å². The Morgan fingerprint density at radius 1 is 1.36 bits per heavy atom. The van der Waals surface area contributed by atoms with E-state index >= 15 is 0 Å². The number of fused-ring (bicyclic) bond motifs is 1. The summed E-state index contributed by atoms with van der Waals surface area (Å²) >= 11 is 0.